The molecule has 1 aromatic rings. The lowest BCUT2D eigenvalue weighted by atomic mass is 10.1. The molecule has 0 heterocycles. The van der Waals surface area contributed by atoms with Crippen LogP contribution in [-0.2, 0) is 0 Å². The lowest BCUT2D eigenvalue weighted by Gasteiger charge is -2.17. The van der Waals surface area contributed by atoms with Gasteiger partial charge < -0.3 is 4.74 Å². The van der Waals surface area contributed by atoms with Gasteiger partial charge in [-0.15, -0.1) is 0 Å². The van der Waals surface area contributed by atoms with Crippen LogP contribution in [0.1, 0.15) is 37.0 Å². The van der Waals surface area contributed by atoms with Crippen LogP contribution in [0, 0.1) is 20.8 Å². The highest BCUT2D eigenvalue weighted by Gasteiger charge is 2.07. The van der Waals surface area contributed by atoms with Gasteiger partial charge in [-0.05, 0) is 45.2 Å². The second-order valence-corrected chi connectivity index (χ2v) is 4.06. The molecular weight excluding hydrogens is 172 g/mol. The van der Waals surface area contributed by atoms with Crippen molar-refractivity contribution in [2.45, 2.75) is 47.1 Å². The third-order valence-electron chi connectivity index (χ3n) is 2.50. The molecule has 0 aliphatic rings. The van der Waals surface area contributed by atoms with Crippen LogP contribution in [0.15, 0.2) is 12.1 Å². The topological polar surface area (TPSA) is 9.23 Å². The number of rotatable bonds is 3. The number of aryl methyl sites for hydroxylation is 3. The molecule has 0 spiro atoms. The predicted octanol–water partition coefficient (Wildman–Crippen LogP) is 3.79. The van der Waals surface area contributed by atoms with Crippen LogP contribution in [0.5, 0.6) is 5.75 Å². The third kappa shape index (κ3) is 2.50. The molecule has 0 N–H and O–H groups in total. The van der Waals surface area contributed by atoms with E-state index in [1.165, 1.54) is 16.7 Å². The number of benzene rings is 1. The smallest absolute Gasteiger partial charge is 0.125 e. The molecule has 0 radical (unpaired) electrons. The monoisotopic (exact) mass is 192 g/mol. The van der Waals surface area contributed by atoms with Gasteiger partial charge >= 0.3 is 0 Å². The van der Waals surface area contributed by atoms with Crippen molar-refractivity contribution < 1.29 is 4.74 Å². The molecule has 0 amide bonds. The average Bonchev–Trinajstić information content (AvgIpc) is 2.10. The Hall–Kier alpha value is -0.980. The molecule has 0 aromatic heterocycles. The minimum Gasteiger partial charge on any atom is -0.490 e. The Morgan fingerprint density at radius 3 is 2.07 bits per heavy atom. The van der Waals surface area contributed by atoms with Crippen molar-refractivity contribution in [3.8, 4) is 5.75 Å². The average molecular weight is 192 g/mol. The van der Waals surface area contributed by atoms with Crippen LogP contribution < -0.4 is 4.74 Å². The molecule has 0 aliphatic carbocycles. The molecule has 14 heavy (non-hydrogen) atoms. The molecule has 0 saturated heterocycles. The Morgan fingerprint density at radius 2 is 1.64 bits per heavy atom. The molecule has 0 aliphatic heterocycles. The lowest BCUT2D eigenvalue weighted by molar-refractivity contribution is 0.214. The number of hydrogen-bond donors (Lipinski definition) is 0. The van der Waals surface area contributed by atoms with E-state index in [1.54, 1.807) is 0 Å². The van der Waals surface area contributed by atoms with Gasteiger partial charge in [-0.3, -0.25) is 0 Å². The van der Waals surface area contributed by atoms with Crippen molar-refractivity contribution >= 4 is 0 Å². The molecule has 0 bridgehead atoms. The zero-order valence-corrected chi connectivity index (χ0v) is 9.85. The molecule has 0 saturated carbocycles. The van der Waals surface area contributed by atoms with E-state index in [-0.39, 0.29) is 0 Å². The fraction of sp³-hybridized carbons (Fsp3) is 0.538. The molecule has 1 aromatic carbocycles. The Balaban J connectivity index is 2.96. The van der Waals surface area contributed by atoms with Gasteiger partial charge in [-0.25, -0.2) is 0 Å². The van der Waals surface area contributed by atoms with Gasteiger partial charge in [0.15, 0.2) is 0 Å². The molecule has 0 fully saturated rings. The molecule has 1 nitrogen and oxygen atoms in total. The Morgan fingerprint density at radius 1 is 1.14 bits per heavy atom. The first-order valence-electron chi connectivity index (χ1n) is 5.29. The summed E-state index contributed by atoms with van der Waals surface area (Å²) in [5, 5.41) is 0. The van der Waals surface area contributed by atoms with Crippen molar-refractivity contribution in [2.24, 2.45) is 0 Å². The lowest BCUT2D eigenvalue weighted by Crippen LogP contribution is -2.11. The van der Waals surface area contributed by atoms with E-state index < -0.39 is 0 Å². The fourth-order valence-corrected chi connectivity index (χ4v) is 1.64. The zero-order chi connectivity index (χ0) is 10.7. The highest BCUT2D eigenvalue weighted by molar-refractivity contribution is 5.43. The summed E-state index contributed by atoms with van der Waals surface area (Å²) in [5.41, 5.74) is 3.78. The van der Waals surface area contributed by atoms with Crippen molar-refractivity contribution in [2.75, 3.05) is 0 Å². The minimum atomic E-state index is 0.301. The summed E-state index contributed by atoms with van der Waals surface area (Å²) in [4.78, 5) is 0. The maximum atomic E-state index is 5.88. The first kappa shape index (κ1) is 11.1. The van der Waals surface area contributed by atoms with E-state index in [4.69, 9.17) is 4.74 Å². The number of hydrogen-bond acceptors (Lipinski definition) is 1. The standard InChI is InChI=1S/C13H20O/c1-6-12(5)14-13-10(3)7-9(2)8-11(13)4/h7-8,12H,6H2,1-5H3. The SMILES string of the molecule is CCC(C)Oc1c(C)cc(C)cc1C. The van der Waals surface area contributed by atoms with Gasteiger partial charge in [0.25, 0.3) is 0 Å². The van der Waals surface area contributed by atoms with Gasteiger partial charge in [0.1, 0.15) is 5.75 Å². The van der Waals surface area contributed by atoms with Gasteiger partial charge in [-0.2, -0.15) is 0 Å². The quantitative estimate of drug-likeness (QED) is 0.708. The third-order valence-corrected chi connectivity index (χ3v) is 2.50. The Bertz CT molecular complexity index is 292. The largest absolute Gasteiger partial charge is 0.490 e. The Kier molecular flexibility index (Phi) is 3.56. The first-order valence-corrected chi connectivity index (χ1v) is 5.29. The molecule has 1 atom stereocenters. The molecule has 78 valence electrons. The summed E-state index contributed by atoms with van der Waals surface area (Å²) in [6.45, 7) is 10.6. The summed E-state index contributed by atoms with van der Waals surface area (Å²) in [5.74, 6) is 1.06. The zero-order valence-electron chi connectivity index (χ0n) is 9.85. The second kappa shape index (κ2) is 4.50. The van der Waals surface area contributed by atoms with E-state index >= 15 is 0 Å². The molecular formula is C13H20O. The van der Waals surface area contributed by atoms with Gasteiger partial charge in [-0.1, -0.05) is 24.6 Å². The van der Waals surface area contributed by atoms with E-state index in [9.17, 15) is 0 Å². The van der Waals surface area contributed by atoms with Gasteiger partial charge in [0, 0.05) is 0 Å². The summed E-state index contributed by atoms with van der Waals surface area (Å²) in [6, 6.07) is 4.34. The maximum Gasteiger partial charge on any atom is 0.125 e. The van der Waals surface area contributed by atoms with Crippen LogP contribution in [0.4, 0.5) is 0 Å². The van der Waals surface area contributed by atoms with Crippen molar-refractivity contribution in [1.29, 1.82) is 0 Å². The van der Waals surface area contributed by atoms with Crippen molar-refractivity contribution in [3.05, 3.63) is 28.8 Å². The van der Waals surface area contributed by atoms with Crippen molar-refractivity contribution in [1.82, 2.24) is 0 Å². The van der Waals surface area contributed by atoms with Crippen LogP contribution >= 0.6 is 0 Å². The first-order chi connectivity index (χ1) is 6.54. The highest BCUT2D eigenvalue weighted by atomic mass is 16.5. The van der Waals surface area contributed by atoms with Crippen LogP contribution in [0.2, 0.25) is 0 Å². The predicted molar refractivity (Wildman–Crippen MR) is 61.0 cm³/mol. The molecule has 1 unspecified atom stereocenters. The fourth-order valence-electron chi connectivity index (χ4n) is 1.64. The minimum absolute atomic E-state index is 0.301. The summed E-state index contributed by atoms with van der Waals surface area (Å²) in [6.07, 6.45) is 1.35. The van der Waals surface area contributed by atoms with Gasteiger partial charge in [0.05, 0.1) is 6.10 Å². The maximum absolute atomic E-state index is 5.88. The van der Waals surface area contributed by atoms with Crippen LogP contribution in [0.25, 0.3) is 0 Å². The van der Waals surface area contributed by atoms with E-state index in [1.807, 2.05) is 0 Å². The van der Waals surface area contributed by atoms with Crippen LogP contribution in [0.3, 0.4) is 0 Å². The summed E-state index contributed by atoms with van der Waals surface area (Å²) >= 11 is 0. The Labute approximate surface area is 87.1 Å². The van der Waals surface area contributed by atoms with E-state index in [2.05, 4.69) is 46.8 Å². The number of ether oxygens (including phenoxy) is 1. The summed E-state index contributed by atoms with van der Waals surface area (Å²) in [7, 11) is 0. The normalized spacial score (nSPS) is 12.6. The molecule has 1 rings (SSSR count). The van der Waals surface area contributed by atoms with Gasteiger partial charge in [0.2, 0.25) is 0 Å². The highest BCUT2D eigenvalue weighted by Crippen LogP contribution is 2.25. The van der Waals surface area contributed by atoms with E-state index in [0.717, 1.165) is 12.2 Å². The summed E-state index contributed by atoms with van der Waals surface area (Å²) < 4.78 is 5.88. The second-order valence-electron chi connectivity index (χ2n) is 4.06. The van der Waals surface area contributed by atoms with E-state index in [0.29, 0.717) is 6.10 Å². The van der Waals surface area contributed by atoms with Crippen molar-refractivity contribution in [3.63, 3.8) is 0 Å². The molecule has 1 heteroatoms. The van der Waals surface area contributed by atoms with Crippen LogP contribution in [-0.4, -0.2) is 6.10 Å².